The monoisotopic (exact) mass is 421 g/mol. The number of rotatable bonds is 8. The Morgan fingerprint density at radius 2 is 2.07 bits per heavy atom. The first-order chi connectivity index (χ1) is 14.3. The number of pyridine rings is 1. The smallest absolute Gasteiger partial charge is 0.281 e. The molecule has 0 spiro atoms. The Labute approximate surface area is 174 Å². The van der Waals surface area contributed by atoms with E-state index in [-0.39, 0.29) is 17.9 Å². The van der Waals surface area contributed by atoms with E-state index in [0.29, 0.717) is 24.1 Å². The van der Waals surface area contributed by atoms with E-state index in [1.54, 1.807) is 19.1 Å². The van der Waals surface area contributed by atoms with Crippen molar-refractivity contribution in [3.05, 3.63) is 69.9 Å². The van der Waals surface area contributed by atoms with Gasteiger partial charge in [-0.2, -0.15) is 0 Å². The number of carbonyl (C=O) groups excluding carboxylic acids is 1. The van der Waals surface area contributed by atoms with Gasteiger partial charge in [0.2, 0.25) is 0 Å². The van der Waals surface area contributed by atoms with Crippen molar-refractivity contribution in [2.45, 2.75) is 26.8 Å². The minimum Gasteiger partial charge on any atom is -0.371 e. The molecule has 0 aliphatic rings. The summed E-state index contributed by atoms with van der Waals surface area (Å²) in [4.78, 5) is 17.8. The van der Waals surface area contributed by atoms with Crippen LogP contribution in [0.3, 0.4) is 0 Å². The molecule has 162 valence electrons. The van der Waals surface area contributed by atoms with E-state index in [1.165, 1.54) is 18.3 Å². The molecule has 1 aromatic heterocycles. The van der Waals surface area contributed by atoms with Gasteiger partial charge in [-0.3, -0.25) is 14.8 Å². The van der Waals surface area contributed by atoms with Gasteiger partial charge in [-0.05, 0) is 68.6 Å². The number of aldehydes is 1. The Balaban J connectivity index is 0.000000311. The van der Waals surface area contributed by atoms with Gasteiger partial charge in [0.25, 0.3) is 6.43 Å². The van der Waals surface area contributed by atoms with Crippen molar-refractivity contribution < 1.29 is 18.0 Å². The third-order valence-corrected chi connectivity index (χ3v) is 4.06. The lowest BCUT2D eigenvalue weighted by molar-refractivity contribution is 0.110. The molecule has 2 rings (SSSR count). The van der Waals surface area contributed by atoms with Gasteiger partial charge >= 0.3 is 0 Å². The number of benzene rings is 1. The Bertz CT molecular complexity index is 900. The van der Waals surface area contributed by atoms with Gasteiger partial charge in [0, 0.05) is 18.3 Å². The Hall–Kier alpha value is -3.04. The molecule has 0 fully saturated rings. The zero-order chi connectivity index (χ0) is 22.7. The summed E-state index contributed by atoms with van der Waals surface area (Å²) in [7, 11) is 1.84. The fraction of sp³-hybridized carbons (Fsp3) is 0.286. The van der Waals surface area contributed by atoms with Gasteiger partial charge in [-0.1, -0.05) is 0 Å². The molecule has 0 amide bonds. The highest BCUT2D eigenvalue weighted by Gasteiger charge is 2.14. The van der Waals surface area contributed by atoms with Crippen LogP contribution < -0.4 is 16.4 Å². The van der Waals surface area contributed by atoms with Gasteiger partial charge in [0.1, 0.15) is 11.5 Å². The third kappa shape index (κ3) is 7.09. The predicted octanol–water partition coefficient (Wildman–Crippen LogP) is 3.58. The lowest BCUT2D eigenvalue weighted by Gasteiger charge is -2.13. The molecule has 0 radical (unpaired) electrons. The van der Waals surface area contributed by atoms with Crippen molar-refractivity contribution in [1.82, 2.24) is 15.6 Å². The topological polar surface area (TPSA) is 92.4 Å². The summed E-state index contributed by atoms with van der Waals surface area (Å²) in [6, 6.07) is 6.31. The molecule has 0 atom stereocenters. The van der Waals surface area contributed by atoms with E-state index in [2.05, 4.69) is 27.3 Å². The largest absolute Gasteiger partial charge is 0.371 e. The van der Waals surface area contributed by atoms with E-state index in [1.807, 2.05) is 14.0 Å². The van der Waals surface area contributed by atoms with Crippen LogP contribution in [-0.2, 0) is 6.54 Å². The summed E-state index contributed by atoms with van der Waals surface area (Å²) < 4.78 is 37.6. The number of nitrogens with two attached hydrogens (primary N) is 1. The zero-order valence-electron chi connectivity index (χ0n) is 17.2. The van der Waals surface area contributed by atoms with Crippen LogP contribution in [0, 0.1) is 12.7 Å². The molecule has 2 aromatic rings. The van der Waals surface area contributed by atoms with Crippen molar-refractivity contribution in [3.63, 3.8) is 0 Å². The number of nitrogens with zero attached hydrogens (tertiary/aromatic N) is 2. The second kappa shape index (κ2) is 12.5. The number of aromatic nitrogens is 1. The molecular formula is C21H26F3N5O. The number of carbonyl (C=O) groups is 1. The zero-order valence-corrected chi connectivity index (χ0v) is 17.2. The van der Waals surface area contributed by atoms with Crippen molar-refractivity contribution in [1.29, 1.82) is 0 Å². The van der Waals surface area contributed by atoms with Gasteiger partial charge in [-0.25, -0.2) is 13.2 Å². The van der Waals surface area contributed by atoms with Crippen molar-refractivity contribution in [2.24, 2.45) is 10.7 Å². The molecule has 30 heavy (non-hydrogen) atoms. The first-order valence-electron chi connectivity index (χ1n) is 9.03. The van der Waals surface area contributed by atoms with Crippen LogP contribution >= 0.6 is 0 Å². The minimum atomic E-state index is -2.73. The number of nitrogens with one attached hydrogen (secondary N) is 2. The molecule has 0 aliphatic carbocycles. The predicted molar refractivity (Wildman–Crippen MR) is 113 cm³/mol. The van der Waals surface area contributed by atoms with Crippen LogP contribution in [0.15, 0.2) is 41.2 Å². The van der Waals surface area contributed by atoms with Crippen molar-refractivity contribution >= 4 is 18.7 Å². The van der Waals surface area contributed by atoms with Gasteiger partial charge in [-0.15, -0.1) is 0 Å². The van der Waals surface area contributed by atoms with E-state index < -0.39 is 12.1 Å². The van der Waals surface area contributed by atoms with E-state index in [9.17, 15) is 18.0 Å². The minimum absolute atomic E-state index is 0.0991. The molecular weight excluding hydrogens is 395 g/mol. The Morgan fingerprint density at radius 3 is 2.57 bits per heavy atom. The number of alkyl halides is 2. The summed E-state index contributed by atoms with van der Waals surface area (Å²) in [5.41, 5.74) is 8.39. The SMILES string of the molecule is C=N/C(C)=C(\NCNC)c1ccc(F)c(C)c1.NCc1cnc(C(F)F)c(C=O)c1. The number of hydrogen-bond acceptors (Lipinski definition) is 6. The highest BCUT2D eigenvalue weighted by Crippen LogP contribution is 2.20. The van der Waals surface area contributed by atoms with Gasteiger partial charge < -0.3 is 16.4 Å². The lowest BCUT2D eigenvalue weighted by Crippen LogP contribution is -2.25. The van der Waals surface area contributed by atoms with Gasteiger partial charge in [0.15, 0.2) is 6.29 Å². The average Bonchev–Trinajstić information content (AvgIpc) is 2.75. The second-order valence-corrected chi connectivity index (χ2v) is 6.23. The van der Waals surface area contributed by atoms with Crippen molar-refractivity contribution in [2.75, 3.05) is 13.7 Å². The highest BCUT2D eigenvalue weighted by atomic mass is 19.3. The van der Waals surface area contributed by atoms with Crippen LogP contribution in [0.5, 0.6) is 0 Å². The molecule has 1 heterocycles. The van der Waals surface area contributed by atoms with Crippen LogP contribution in [0.25, 0.3) is 5.70 Å². The number of aryl methyl sites for hydroxylation is 1. The maximum atomic E-state index is 13.2. The summed E-state index contributed by atoms with van der Waals surface area (Å²) in [5, 5.41) is 6.19. The van der Waals surface area contributed by atoms with E-state index >= 15 is 0 Å². The normalized spacial score (nSPS) is 11.3. The molecule has 0 unspecified atom stereocenters. The summed E-state index contributed by atoms with van der Waals surface area (Å²) in [5.74, 6) is -0.203. The maximum absolute atomic E-state index is 13.2. The quantitative estimate of drug-likeness (QED) is 0.344. The molecule has 0 aliphatic heterocycles. The van der Waals surface area contributed by atoms with E-state index in [4.69, 9.17) is 5.73 Å². The highest BCUT2D eigenvalue weighted by molar-refractivity contribution is 5.76. The third-order valence-electron chi connectivity index (χ3n) is 4.06. The summed E-state index contributed by atoms with van der Waals surface area (Å²) in [6.45, 7) is 7.91. The first-order valence-corrected chi connectivity index (χ1v) is 9.03. The maximum Gasteiger partial charge on any atom is 0.281 e. The molecule has 0 bridgehead atoms. The fourth-order valence-corrected chi connectivity index (χ4v) is 2.42. The summed E-state index contributed by atoms with van der Waals surface area (Å²) in [6.07, 6.45) is -1.13. The summed E-state index contributed by atoms with van der Waals surface area (Å²) >= 11 is 0. The molecule has 0 saturated carbocycles. The van der Waals surface area contributed by atoms with Crippen molar-refractivity contribution in [3.8, 4) is 0 Å². The molecule has 6 nitrogen and oxygen atoms in total. The molecule has 0 saturated heterocycles. The lowest BCUT2D eigenvalue weighted by atomic mass is 10.1. The Morgan fingerprint density at radius 1 is 1.37 bits per heavy atom. The molecule has 1 aromatic carbocycles. The number of allylic oxidation sites excluding steroid dienone is 1. The van der Waals surface area contributed by atoms with Gasteiger partial charge in [0.05, 0.1) is 18.1 Å². The second-order valence-electron chi connectivity index (χ2n) is 6.23. The fourth-order valence-electron chi connectivity index (χ4n) is 2.42. The first kappa shape index (κ1) is 25.0. The molecule has 9 heteroatoms. The number of aliphatic imine (C=N–C) groups is 1. The molecule has 4 N–H and O–H groups in total. The standard InChI is InChI=1S/C13H18FN3.C8H8F2N2O/c1-9-7-11(5-6-12(9)14)13(10(2)16-4)17-8-15-3;9-8(10)7-6(4-13)1-5(2-11)3-12-7/h5-7,15,17H,4,8H2,1-3H3;1,3-4,8H,2,11H2/b13-10-;. The van der Waals surface area contributed by atoms with Crippen LogP contribution in [0.1, 0.15) is 46.1 Å². The van der Waals surface area contributed by atoms with Crippen LogP contribution in [0.4, 0.5) is 13.2 Å². The Kier molecular flexibility index (Phi) is 10.4. The number of halogens is 3. The van der Waals surface area contributed by atoms with E-state index in [0.717, 1.165) is 17.0 Å². The van der Waals surface area contributed by atoms with Crippen LogP contribution in [0.2, 0.25) is 0 Å². The van der Waals surface area contributed by atoms with Crippen LogP contribution in [-0.4, -0.2) is 31.7 Å². The average molecular weight is 421 g/mol. The number of hydrogen-bond donors (Lipinski definition) is 3.